The molecular formula is C10H8N2S7. The first kappa shape index (κ1) is 13.8. The molecule has 0 N–H and O–H groups in total. The molecule has 0 amide bonds. The zero-order valence-corrected chi connectivity index (χ0v) is 15.5. The lowest BCUT2D eigenvalue weighted by molar-refractivity contribution is 0.767. The highest BCUT2D eigenvalue weighted by Crippen LogP contribution is 2.64. The molecule has 9 heteroatoms. The van der Waals surface area contributed by atoms with Crippen molar-refractivity contribution in [3.8, 4) is 0 Å². The van der Waals surface area contributed by atoms with Gasteiger partial charge in [-0.25, -0.2) is 0 Å². The fourth-order valence-corrected chi connectivity index (χ4v) is 11.0. The Morgan fingerprint density at radius 2 is 1.32 bits per heavy atom. The third-order valence-corrected chi connectivity index (χ3v) is 12.3. The molecule has 19 heavy (non-hydrogen) atoms. The quantitative estimate of drug-likeness (QED) is 0.575. The lowest BCUT2D eigenvalue weighted by Gasteiger charge is -2.07. The highest BCUT2D eigenvalue weighted by molar-refractivity contribution is 8.42. The molecular weight excluding hydrogens is 373 g/mol. The van der Waals surface area contributed by atoms with Gasteiger partial charge in [0.05, 0.1) is 28.7 Å². The van der Waals surface area contributed by atoms with Crippen molar-refractivity contribution in [2.75, 3.05) is 11.5 Å². The molecule has 0 saturated heterocycles. The van der Waals surface area contributed by atoms with Crippen LogP contribution >= 0.6 is 82.3 Å². The second-order valence-corrected chi connectivity index (χ2v) is 11.8. The van der Waals surface area contributed by atoms with Crippen molar-refractivity contribution in [1.29, 1.82) is 0 Å². The standard InChI is InChI=1S/C10H8N2S7/c1-4-2-13-7-8(14-3-4)18-10(17-7)9-15-5-6(16-9)12-19-11-5/h4H,2-3H2,1H3. The van der Waals surface area contributed by atoms with Gasteiger partial charge in [0.2, 0.25) is 0 Å². The molecule has 0 bridgehead atoms. The van der Waals surface area contributed by atoms with Gasteiger partial charge < -0.3 is 0 Å². The van der Waals surface area contributed by atoms with Crippen molar-refractivity contribution >= 4 is 82.3 Å². The van der Waals surface area contributed by atoms with Crippen molar-refractivity contribution in [2.24, 2.45) is 5.92 Å². The normalized spacial score (nSPS) is 23.8. The zero-order chi connectivity index (χ0) is 12.8. The van der Waals surface area contributed by atoms with Crippen molar-refractivity contribution in [1.82, 2.24) is 8.75 Å². The van der Waals surface area contributed by atoms with E-state index in [2.05, 4.69) is 15.7 Å². The van der Waals surface area contributed by atoms with Gasteiger partial charge in [0.25, 0.3) is 0 Å². The van der Waals surface area contributed by atoms with Crippen molar-refractivity contribution in [2.45, 2.75) is 17.0 Å². The number of aromatic nitrogens is 2. The predicted molar refractivity (Wildman–Crippen MR) is 94.9 cm³/mol. The predicted octanol–water partition coefficient (Wildman–Crippen LogP) is 5.59. The number of hydrogen-bond donors (Lipinski definition) is 0. The lowest BCUT2D eigenvalue weighted by atomic mass is 10.3. The molecule has 4 rings (SSSR count). The summed E-state index contributed by atoms with van der Waals surface area (Å²) >= 11 is 12.8. The van der Waals surface area contributed by atoms with Crippen molar-refractivity contribution in [3.63, 3.8) is 0 Å². The molecule has 0 atom stereocenters. The first-order valence-electron chi connectivity index (χ1n) is 5.57. The van der Waals surface area contributed by atoms with Crippen LogP contribution in [0.4, 0.5) is 0 Å². The molecule has 2 nitrogen and oxygen atoms in total. The number of hydrogen-bond acceptors (Lipinski definition) is 9. The Morgan fingerprint density at radius 3 is 1.89 bits per heavy atom. The molecule has 0 unspecified atom stereocenters. The fourth-order valence-electron chi connectivity index (χ4n) is 1.59. The van der Waals surface area contributed by atoms with Gasteiger partial charge in [-0.15, -0.1) is 23.5 Å². The van der Waals surface area contributed by atoms with Crippen molar-refractivity contribution < 1.29 is 0 Å². The Kier molecular flexibility index (Phi) is 4.16. The zero-order valence-electron chi connectivity index (χ0n) is 9.74. The topological polar surface area (TPSA) is 25.8 Å². The van der Waals surface area contributed by atoms with Crippen LogP contribution in [0.3, 0.4) is 0 Å². The minimum absolute atomic E-state index is 0.813. The molecule has 0 spiro atoms. The van der Waals surface area contributed by atoms with Gasteiger partial charge in [-0.3, -0.25) is 0 Å². The summed E-state index contributed by atoms with van der Waals surface area (Å²) in [7, 11) is 0. The molecule has 0 aromatic carbocycles. The van der Waals surface area contributed by atoms with Crippen LogP contribution in [0.5, 0.6) is 0 Å². The molecule has 4 heterocycles. The van der Waals surface area contributed by atoms with Crippen LogP contribution in [0.25, 0.3) is 0 Å². The minimum Gasteiger partial charge on any atom is -0.165 e. The van der Waals surface area contributed by atoms with Gasteiger partial charge in [0.15, 0.2) is 0 Å². The van der Waals surface area contributed by atoms with E-state index in [9.17, 15) is 0 Å². The van der Waals surface area contributed by atoms with Gasteiger partial charge in [-0.1, -0.05) is 54.0 Å². The summed E-state index contributed by atoms with van der Waals surface area (Å²) in [5.41, 5.74) is 0. The monoisotopic (exact) mass is 380 g/mol. The summed E-state index contributed by atoms with van der Waals surface area (Å²) in [6.45, 7) is 2.34. The van der Waals surface area contributed by atoms with Gasteiger partial charge in [0.1, 0.15) is 10.1 Å². The van der Waals surface area contributed by atoms with E-state index in [0.29, 0.717) is 0 Å². The van der Waals surface area contributed by atoms with Crippen molar-refractivity contribution in [3.05, 3.63) is 16.9 Å². The third kappa shape index (κ3) is 2.76. The Bertz CT molecular complexity index is 546. The Balaban J connectivity index is 1.54. The SMILES string of the molecule is CC1CSC2=C(SC1)SC(=C1Sc3nsnc3S1)S2. The first-order valence-corrected chi connectivity index (χ1v) is 11.5. The van der Waals surface area contributed by atoms with E-state index in [1.807, 2.05) is 47.0 Å². The van der Waals surface area contributed by atoms with Gasteiger partial charge in [-0.05, 0) is 5.92 Å². The number of fused-ring (bicyclic) bond motifs is 1. The Labute approximate surface area is 141 Å². The van der Waals surface area contributed by atoms with Crippen LogP contribution in [0, 0.1) is 5.92 Å². The summed E-state index contributed by atoms with van der Waals surface area (Å²) in [5, 5.41) is 2.18. The van der Waals surface area contributed by atoms with Crippen LogP contribution < -0.4 is 0 Å². The number of nitrogens with zero attached hydrogens (tertiary/aromatic N) is 2. The molecule has 0 fully saturated rings. The number of thioether (sulfide) groups is 6. The lowest BCUT2D eigenvalue weighted by Crippen LogP contribution is -1.98. The van der Waals surface area contributed by atoms with Crippen LogP contribution in [0.1, 0.15) is 6.92 Å². The van der Waals surface area contributed by atoms with Gasteiger partial charge in [-0.2, -0.15) is 8.75 Å². The molecule has 1 aromatic rings. The summed E-state index contributed by atoms with van der Waals surface area (Å²) in [6.07, 6.45) is 0. The molecule has 100 valence electrons. The number of rotatable bonds is 0. The average molecular weight is 381 g/mol. The van der Waals surface area contributed by atoms with Crippen LogP contribution in [0.2, 0.25) is 0 Å². The maximum Gasteiger partial charge on any atom is 0.150 e. The fraction of sp³-hybridized carbons (Fsp3) is 0.400. The highest BCUT2D eigenvalue weighted by atomic mass is 32.3. The first-order chi connectivity index (χ1) is 9.29. The molecule has 1 aromatic heterocycles. The van der Waals surface area contributed by atoms with E-state index in [0.717, 1.165) is 16.0 Å². The highest BCUT2D eigenvalue weighted by Gasteiger charge is 2.32. The van der Waals surface area contributed by atoms with E-state index < -0.39 is 0 Å². The second kappa shape index (κ2) is 5.73. The molecule has 0 radical (unpaired) electrons. The van der Waals surface area contributed by atoms with E-state index in [-0.39, 0.29) is 0 Å². The summed E-state index contributed by atoms with van der Waals surface area (Å²) in [4.78, 5) is 0. The van der Waals surface area contributed by atoms with E-state index in [4.69, 9.17) is 0 Å². The molecule has 0 saturated carbocycles. The smallest absolute Gasteiger partial charge is 0.150 e. The summed E-state index contributed by atoms with van der Waals surface area (Å²) in [5.74, 6) is 3.31. The van der Waals surface area contributed by atoms with Gasteiger partial charge >= 0.3 is 0 Å². The Morgan fingerprint density at radius 1 is 0.789 bits per heavy atom. The maximum absolute atomic E-state index is 4.33. The summed E-state index contributed by atoms with van der Waals surface area (Å²) in [6, 6.07) is 0. The van der Waals surface area contributed by atoms with Crippen LogP contribution in [-0.2, 0) is 0 Å². The molecule has 3 aliphatic heterocycles. The van der Waals surface area contributed by atoms with Gasteiger partial charge in [0, 0.05) is 11.5 Å². The largest absolute Gasteiger partial charge is 0.165 e. The maximum atomic E-state index is 4.33. The Hall–Kier alpha value is 1.14. The third-order valence-electron chi connectivity index (χ3n) is 2.51. The van der Waals surface area contributed by atoms with E-state index in [1.54, 1.807) is 23.5 Å². The van der Waals surface area contributed by atoms with Crippen LogP contribution in [-0.4, -0.2) is 20.3 Å². The minimum atomic E-state index is 0.813. The van der Waals surface area contributed by atoms with E-state index >= 15 is 0 Å². The molecule has 3 aliphatic rings. The molecule has 0 aliphatic carbocycles. The average Bonchev–Trinajstić information content (AvgIpc) is 3.05. The summed E-state index contributed by atoms with van der Waals surface area (Å²) < 4.78 is 14.5. The van der Waals surface area contributed by atoms with E-state index in [1.165, 1.54) is 40.2 Å². The van der Waals surface area contributed by atoms with Crippen LogP contribution in [0.15, 0.2) is 27.0 Å². The second-order valence-electron chi connectivity index (χ2n) is 4.16.